The number of halogens is 2. The van der Waals surface area contributed by atoms with Crippen molar-refractivity contribution < 1.29 is 19.8 Å². The van der Waals surface area contributed by atoms with E-state index in [-0.39, 0.29) is 0 Å². The maximum Gasteiger partial charge on any atom is 0.328 e. The third-order valence-electron chi connectivity index (χ3n) is 5.45. The molecule has 2 aromatic carbocycles. The number of carboxylic acid groups (broad SMARTS) is 2. The van der Waals surface area contributed by atoms with E-state index < -0.39 is 11.9 Å². The van der Waals surface area contributed by atoms with Gasteiger partial charge in [-0.2, -0.15) is 0 Å². The zero-order valence-electron chi connectivity index (χ0n) is 19.6. The molecule has 2 aliphatic heterocycles. The topological polar surface area (TPSA) is 103 Å². The lowest BCUT2D eigenvalue weighted by atomic mass is 10.0. The first-order valence-electron chi connectivity index (χ1n) is 11.5. The Balaban J connectivity index is 0.000000392. The van der Waals surface area contributed by atoms with Gasteiger partial charge in [0.25, 0.3) is 0 Å². The van der Waals surface area contributed by atoms with Gasteiger partial charge in [-0.25, -0.2) is 14.6 Å². The number of piperidine rings is 1. The first-order valence-corrected chi connectivity index (χ1v) is 13.2. The van der Waals surface area contributed by atoms with E-state index in [0.717, 1.165) is 39.9 Å². The predicted molar refractivity (Wildman–Crippen MR) is 148 cm³/mol. The monoisotopic (exact) mass is 547 g/mol. The molecule has 0 bridgehead atoms. The minimum atomic E-state index is -1.26. The van der Waals surface area contributed by atoms with Gasteiger partial charge in [0.2, 0.25) is 0 Å². The van der Waals surface area contributed by atoms with Gasteiger partial charge in [-0.3, -0.25) is 4.99 Å². The number of aliphatic carboxylic acids is 2. The van der Waals surface area contributed by atoms with E-state index in [9.17, 15) is 9.59 Å². The highest BCUT2D eigenvalue weighted by molar-refractivity contribution is 8.14. The van der Waals surface area contributed by atoms with Crippen LogP contribution in [0.25, 0.3) is 0 Å². The summed E-state index contributed by atoms with van der Waals surface area (Å²) in [6, 6.07) is 13.6. The summed E-state index contributed by atoms with van der Waals surface area (Å²) in [6.07, 6.45) is 5.14. The van der Waals surface area contributed by atoms with Crippen LogP contribution in [0.15, 0.2) is 64.6 Å². The van der Waals surface area contributed by atoms with Gasteiger partial charge in [0.15, 0.2) is 0 Å². The lowest BCUT2D eigenvalue weighted by molar-refractivity contribution is -0.134. The molecule has 190 valence electrons. The van der Waals surface area contributed by atoms with E-state index in [4.69, 9.17) is 43.4 Å². The van der Waals surface area contributed by atoms with E-state index in [1.807, 2.05) is 54.2 Å². The number of thioether (sulfide) groups is 1. The number of hydrogen-bond donors (Lipinski definition) is 2. The molecule has 0 saturated carbocycles. The summed E-state index contributed by atoms with van der Waals surface area (Å²) in [5.74, 6) is -1.47. The fourth-order valence-corrected chi connectivity index (χ4v) is 5.08. The van der Waals surface area contributed by atoms with Gasteiger partial charge in [-0.1, -0.05) is 47.8 Å². The second-order valence-electron chi connectivity index (χ2n) is 8.07. The van der Waals surface area contributed by atoms with Crippen LogP contribution in [0.5, 0.6) is 0 Å². The SMILES string of the molecule is Clc1ccc2c(c1)C(c1ccccc1Cl)=NCC(SCCN1CCCCC1)=N2.O=C(O)C=CC(=O)O. The van der Waals surface area contributed by atoms with Crippen LogP contribution in [0.3, 0.4) is 0 Å². The molecule has 10 heteroatoms. The number of carboxylic acids is 2. The number of benzene rings is 2. The molecule has 2 aliphatic rings. The summed E-state index contributed by atoms with van der Waals surface area (Å²) in [6.45, 7) is 4.13. The average Bonchev–Trinajstić information content (AvgIpc) is 3.03. The van der Waals surface area contributed by atoms with Crippen molar-refractivity contribution in [3.8, 4) is 0 Å². The van der Waals surface area contributed by atoms with Crippen molar-refractivity contribution in [1.29, 1.82) is 0 Å². The van der Waals surface area contributed by atoms with Crippen LogP contribution in [0, 0.1) is 0 Å². The van der Waals surface area contributed by atoms with Crippen molar-refractivity contribution in [1.82, 2.24) is 4.90 Å². The van der Waals surface area contributed by atoms with E-state index in [0.29, 0.717) is 28.7 Å². The number of aliphatic imine (C=N–C) groups is 2. The molecule has 0 aromatic heterocycles. The zero-order chi connectivity index (χ0) is 25.9. The number of rotatable bonds is 6. The molecule has 36 heavy (non-hydrogen) atoms. The van der Waals surface area contributed by atoms with E-state index in [1.165, 1.54) is 32.4 Å². The van der Waals surface area contributed by atoms with Crippen molar-refractivity contribution in [2.24, 2.45) is 9.98 Å². The van der Waals surface area contributed by atoms with Gasteiger partial charge in [-0.05, 0) is 50.2 Å². The Morgan fingerprint density at radius 1 is 0.972 bits per heavy atom. The van der Waals surface area contributed by atoms with Crippen LogP contribution in [0.1, 0.15) is 30.4 Å². The van der Waals surface area contributed by atoms with Crippen LogP contribution in [0.2, 0.25) is 10.0 Å². The fourth-order valence-electron chi connectivity index (χ4n) is 3.78. The Bertz CT molecular complexity index is 1160. The van der Waals surface area contributed by atoms with Crippen LogP contribution in [-0.4, -0.2) is 69.7 Å². The highest BCUT2D eigenvalue weighted by atomic mass is 35.5. The lowest BCUT2D eigenvalue weighted by Crippen LogP contribution is -2.31. The normalized spacial score (nSPS) is 15.7. The quantitative estimate of drug-likeness (QED) is 0.442. The van der Waals surface area contributed by atoms with Crippen molar-refractivity contribution >= 4 is 63.3 Å². The molecule has 1 saturated heterocycles. The number of likely N-dealkylation sites (tertiary alicyclic amines) is 1. The lowest BCUT2D eigenvalue weighted by Gasteiger charge is -2.26. The molecule has 0 radical (unpaired) electrons. The van der Waals surface area contributed by atoms with Crippen molar-refractivity contribution in [2.45, 2.75) is 19.3 Å². The maximum atomic E-state index is 9.55. The van der Waals surface area contributed by atoms with Crippen LogP contribution >= 0.6 is 35.0 Å². The maximum absolute atomic E-state index is 9.55. The minimum absolute atomic E-state index is 0.558. The Hall–Kier alpha value is -2.65. The largest absolute Gasteiger partial charge is 0.478 e. The summed E-state index contributed by atoms with van der Waals surface area (Å²) in [5, 5.41) is 18.0. The highest BCUT2D eigenvalue weighted by Crippen LogP contribution is 2.31. The van der Waals surface area contributed by atoms with Gasteiger partial charge in [0.1, 0.15) is 0 Å². The molecule has 0 spiro atoms. The molecule has 0 amide bonds. The van der Waals surface area contributed by atoms with E-state index >= 15 is 0 Å². The summed E-state index contributed by atoms with van der Waals surface area (Å²) < 4.78 is 0. The molecule has 2 aromatic rings. The summed E-state index contributed by atoms with van der Waals surface area (Å²) in [4.78, 5) is 31.5. The van der Waals surface area contributed by atoms with Gasteiger partial charge >= 0.3 is 11.9 Å². The van der Waals surface area contributed by atoms with Crippen LogP contribution < -0.4 is 0 Å². The minimum Gasteiger partial charge on any atom is -0.478 e. The van der Waals surface area contributed by atoms with Crippen molar-refractivity contribution in [3.05, 3.63) is 75.8 Å². The molecule has 0 unspecified atom stereocenters. The molecule has 0 atom stereocenters. The molecule has 1 fully saturated rings. The first-order chi connectivity index (χ1) is 17.3. The van der Waals surface area contributed by atoms with Gasteiger partial charge in [-0.15, -0.1) is 11.8 Å². The smallest absolute Gasteiger partial charge is 0.328 e. The number of carbonyl (C=O) groups is 2. The molecule has 7 nitrogen and oxygen atoms in total. The van der Waals surface area contributed by atoms with Crippen molar-refractivity contribution in [3.63, 3.8) is 0 Å². The average molecular weight is 548 g/mol. The third kappa shape index (κ3) is 8.78. The van der Waals surface area contributed by atoms with Gasteiger partial charge in [0, 0.05) is 45.6 Å². The molecule has 2 heterocycles. The molecular formula is C26H27Cl2N3O4S. The number of nitrogens with zero attached hydrogens (tertiary/aromatic N) is 3. The Morgan fingerprint density at radius 2 is 1.67 bits per heavy atom. The summed E-state index contributed by atoms with van der Waals surface area (Å²) >= 11 is 14.6. The Morgan fingerprint density at radius 3 is 2.33 bits per heavy atom. The molecule has 0 aliphatic carbocycles. The zero-order valence-corrected chi connectivity index (χ0v) is 21.9. The molecule has 2 N–H and O–H groups in total. The third-order valence-corrected chi connectivity index (χ3v) is 6.96. The molecule has 4 rings (SSSR count). The van der Waals surface area contributed by atoms with Crippen LogP contribution in [0.4, 0.5) is 5.69 Å². The second-order valence-corrected chi connectivity index (χ2v) is 10.1. The first kappa shape index (κ1) is 27.9. The predicted octanol–water partition coefficient (Wildman–Crippen LogP) is 5.81. The second kappa shape index (κ2) is 14.2. The summed E-state index contributed by atoms with van der Waals surface area (Å²) in [5.41, 5.74) is 3.62. The highest BCUT2D eigenvalue weighted by Gasteiger charge is 2.19. The summed E-state index contributed by atoms with van der Waals surface area (Å²) in [7, 11) is 0. The van der Waals surface area contributed by atoms with Crippen molar-refractivity contribution in [2.75, 3.05) is 31.9 Å². The molecular weight excluding hydrogens is 521 g/mol. The fraction of sp³-hybridized carbons (Fsp3) is 0.308. The van der Waals surface area contributed by atoms with Gasteiger partial charge in [0.05, 0.1) is 23.0 Å². The van der Waals surface area contributed by atoms with Crippen LogP contribution in [-0.2, 0) is 9.59 Å². The van der Waals surface area contributed by atoms with E-state index in [1.54, 1.807) is 0 Å². The number of hydrogen-bond acceptors (Lipinski definition) is 6. The van der Waals surface area contributed by atoms with E-state index in [2.05, 4.69) is 4.90 Å². The standard InChI is InChI=1S/C22H23Cl2N3S.C4H4O4/c23-16-8-9-20-18(14-16)22(17-6-2-3-7-19(17)24)25-15-21(26-20)28-13-12-27-10-4-1-5-11-27;5-3(6)1-2-4(7)8/h2-3,6-9,14H,1,4-5,10-13,15H2;1-2H,(H,5,6)(H,7,8). The number of fused-ring (bicyclic) bond motifs is 1. The Labute approximate surface area is 224 Å². The van der Waals surface area contributed by atoms with Gasteiger partial charge < -0.3 is 15.1 Å². The Kier molecular flexibility index (Phi) is 11.0.